The molecule has 0 radical (unpaired) electrons. The molecule has 0 saturated heterocycles. The first-order valence-electron chi connectivity index (χ1n) is 7.96. The Balaban J connectivity index is 2.11. The molecule has 1 N–H and O–H groups in total. The summed E-state index contributed by atoms with van der Waals surface area (Å²) in [5.41, 5.74) is 1.62. The van der Waals surface area contributed by atoms with Crippen molar-refractivity contribution < 1.29 is 9.47 Å². The lowest BCUT2D eigenvalue weighted by molar-refractivity contribution is 0.157. The van der Waals surface area contributed by atoms with Crippen LogP contribution >= 0.6 is 0 Å². The van der Waals surface area contributed by atoms with Crippen molar-refractivity contribution >= 4 is 0 Å². The molecular weight excluding hydrogens is 262 g/mol. The van der Waals surface area contributed by atoms with E-state index in [1.54, 1.807) is 14.2 Å². The van der Waals surface area contributed by atoms with E-state index in [0.29, 0.717) is 17.5 Å². The maximum absolute atomic E-state index is 5.41. The number of hydrogen-bond donors (Lipinski definition) is 1. The van der Waals surface area contributed by atoms with Crippen molar-refractivity contribution in [3.05, 3.63) is 23.8 Å². The van der Waals surface area contributed by atoms with Gasteiger partial charge < -0.3 is 14.8 Å². The van der Waals surface area contributed by atoms with Crippen LogP contribution in [-0.4, -0.2) is 20.3 Å². The van der Waals surface area contributed by atoms with E-state index < -0.39 is 0 Å². The van der Waals surface area contributed by atoms with Crippen molar-refractivity contribution in [2.45, 2.75) is 58.5 Å². The Hall–Kier alpha value is -1.22. The first kappa shape index (κ1) is 16.2. The molecule has 0 bridgehead atoms. The lowest BCUT2D eigenvalue weighted by atomic mass is 9.73. The second-order valence-electron chi connectivity index (χ2n) is 6.79. The minimum Gasteiger partial charge on any atom is -0.493 e. The van der Waals surface area contributed by atoms with Gasteiger partial charge in [0.15, 0.2) is 11.5 Å². The monoisotopic (exact) mass is 291 g/mol. The molecule has 2 unspecified atom stereocenters. The van der Waals surface area contributed by atoms with Gasteiger partial charge in [-0.25, -0.2) is 0 Å². The van der Waals surface area contributed by atoms with Crippen molar-refractivity contribution in [2.75, 3.05) is 14.2 Å². The molecule has 1 saturated carbocycles. The molecule has 1 aromatic carbocycles. The van der Waals surface area contributed by atoms with Gasteiger partial charge in [0.1, 0.15) is 0 Å². The van der Waals surface area contributed by atoms with Gasteiger partial charge in [0.25, 0.3) is 0 Å². The highest BCUT2D eigenvalue weighted by Crippen LogP contribution is 2.37. The molecule has 118 valence electrons. The summed E-state index contributed by atoms with van der Waals surface area (Å²) in [6.45, 7) is 6.99. The lowest BCUT2D eigenvalue weighted by Crippen LogP contribution is -2.45. The third-order valence-corrected chi connectivity index (χ3v) is 4.87. The fraction of sp³-hybridized carbons (Fsp3) is 0.667. The molecule has 0 aliphatic heterocycles. The van der Waals surface area contributed by atoms with Crippen LogP contribution in [0.3, 0.4) is 0 Å². The Morgan fingerprint density at radius 1 is 1.14 bits per heavy atom. The van der Waals surface area contributed by atoms with Gasteiger partial charge >= 0.3 is 0 Å². The molecule has 2 rings (SSSR count). The third-order valence-electron chi connectivity index (χ3n) is 4.87. The summed E-state index contributed by atoms with van der Waals surface area (Å²) in [4.78, 5) is 0. The van der Waals surface area contributed by atoms with Crippen molar-refractivity contribution in [2.24, 2.45) is 5.41 Å². The van der Waals surface area contributed by atoms with Crippen LogP contribution in [0.2, 0.25) is 0 Å². The van der Waals surface area contributed by atoms with E-state index in [0.717, 1.165) is 11.5 Å². The molecule has 3 heteroatoms. The predicted octanol–water partition coefficient (Wildman–Crippen LogP) is 4.32. The van der Waals surface area contributed by atoms with Crippen molar-refractivity contribution in [1.82, 2.24) is 5.32 Å². The topological polar surface area (TPSA) is 30.5 Å². The molecule has 1 aromatic rings. The van der Waals surface area contributed by atoms with Crippen LogP contribution in [0.5, 0.6) is 11.5 Å². The van der Waals surface area contributed by atoms with E-state index >= 15 is 0 Å². The summed E-state index contributed by atoms with van der Waals surface area (Å²) in [6.07, 6.45) is 5.27. The second kappa shape index (κ2) is 6.69. The largest absolute Gasteiger partial charge is 0.493 e. The van der Waals surface area contributed by atoms with Crippen LogP contribution in [-0.2, 0) is 0 Å². The van der Waals surface area contributed by atoms with Crippen LogP contribution in [0.1, 0.15) is 58.1 Å². The standard InChI is InChI=1S/C18H29NO2/c1-13(19-17-8-6-7-11-18(17,2)3)14-9-10-15(20-4)16(12-14)21-5/h9-10,12-13,17,19H,6-8,11H2,1-5H3. The second-order valence-corrected chi connectivity index (χ2v) is 6.79. The van der Waals surface area contributed by atoms with Gasteiger partial charge in [-0.2, -0.15) is 0 Å². The van der Waals surface area contributed by atoms with Crippen LogP contribution in [0.4, 0.5) is 0 Å². The average Bonchev–Trinajstić information content (AvgIpc) is 2.48. The van der Waals surface area contributed by atoms with Gasteiger partial charge in [-0.3, -0.25) is 0 Å². The van der Waals surface area contributed by atoms with Crippen molar-refractivity contribution in [3.8, 4) is 11.5 Å². The molecule has 21 heavy (non-hydrogen) atoms. The van der Waals surface area contributed by atoms with E-state index in [-0.39, 0.29) is 0 Å². The zero-order chi connectivity index (χ0) is 15.5. The summed E-state index contributed by atoms with van der Waals surface area (Å²) in [5, 5.41) is 3.82. The van der Waals surface area contributed by atoms with E-state index in [1.165, 1.54) is 31.2 Å². The molecule has 1 aliphatic rings. The zero-order valence-corrected chi connectivity index (χ0v) is 14.0. The highest BCUT2D eigenvalue weighted by Gasteiger charge is 2.32. The number of ether oxygens (including phenoxy) is 2. The molecule has 3 nitrogen and oxygen atoms in total. The summed E-state index contributed by atoms with van der Waals surface area (Å²) >= 11 is 0. The van der Waals surface area contributed by atoms with Crippen LogP contribution in [0.25, 0.3) is 0 Å². The number of rotatable bonds is 5. The Bertz CT molecular complexity index is 470. The number of methoxy groups -OCH3 is 2. The van der Waals surface area contributed by atoms with Gasteiger partial charge in [-0.05, 0) is 42.9 Å². The molecule has 1 aliphatic carbocycles. The SMILES string of the molecule is COc1ccc(C(C)NC2CCCCC2(C)C)cc1OC. The predicted molar refractivity (Wildman–Crippen MR) is 87.1 cm³/mol. The van der Waals surface area contributed by atoms with Crippen molar-refractivity contribution in [3.63, 3.8) is 0 Å². The lowest BCUT2D eigenvalue weighted by Gasteiger charge is -2.41. The Labute approximate surface area is 129 Å². The molecule has 0 spiro atoms. The van der Waals surface area contributed by atoms with E-state index in [9.17, 15) is 0 Å². The Kier molecular flexibility index (Phi) is 5.15. The molecule has 0 heterocycles. The summed E-state index contributed by atoms with van der Waals surface area (Å²) in [7, 11) is 3.35. The Morgan fingerprint density at radius 3 is 2.48 bits per heavy atom. The van der Waals surface area contributed by atoms with E-state index in [2.05, 4.69) is 38.2 Å². The van der Waals surface area contributed by atoms with Gasteiger partial charge in [-0.1, -0.05) is 32.8 Å². The number of benzene rings is 1. The first-order valence-corrected chi connectivity index (χ1v) is 7.96. The maximum atomic E-state index is 5.41. The van der Waals surface area contributed by atoms with Crippen LogP contribution in [0.15, 0.2) is 18.2 Å². The summed E-state index contributed by atoms with van der Waals surface area (Å²) < 4.78 is 10.7. The molecular formula is C18H29NO2. The minimum absolute atomic E-state index is 0.312. The third kappa shape index (κ3) is 3.70. The zero-order valence-electron chi connectivity index (χ0n) is 14.0. The van der Waals surface area contributed by atoms with E-state index in [4.69, 9.17) is 9.47 Å². The molecule has 0 amide bonds. The smallest absolute Gasteiger partial charge is 0.161 e. The fourth-order valence-electron chi connectivity index (χ4n) is 3.32. The van der Waals surface area contributed by atoms with Gasteiger partial charge in [0, 0.05) is 12.1 Å². The van der Waals surface area contributed by atoms with Gasteiger partial charge in [0.05, 0.1) is 14.2 Å². The van der Waals surface area contributed by atoms with Crippen molar-refractivity contribution in [1.29, 1.82) is 0 Å². The van der Waals surface area contributed by atoms with Crippen LogP contribution < -0.4 is 14.8 Å². The van der Waals surface area contributed by atoms with E-state index in [1.807, 2.05) is 6.07 Å². The van der Waals surface area contributed by atoms with Gasteiger partial charge in [0.2, 0.25) is 0 Å². The van der Waals surface area contributed by atoms with Crippen LogP contribution in [0, 0.1) is 5.41 Å². The first-order chi connectivity index (χ1) is 9.97. The minimum atomic E-state index is 0.312. The average molecular weight is 291 g/mol. The molecule has 1 fully saturated rings. The highest BCUT2D eigenvalue weighted by atomic mass is 16.5. The Morgan fingerprint density at radius 2 is 1.86 bits per heavy atom. The quantitative estimate of drug-likeness (QED) is 0.876. The number of hydrogen-bond acceptors (Lipinski definition) is 3. The fourth-order valence-corrected chi connectivity index (χ4v) is 3.32. The normalized spacial score (nSPS) is 22.6. The molecule has 2 atom stereocenters. The number of nitrogens with one attached hydrogen (secondary N) is 1. The summed E-state index contributed by atoms with van der Waals surface area (Å²) in [5.74, 6) is 1.58. The highest BCUT2D eigenvalue weighted by molar-refractivity contribution is 5.43. The molecule has 0 aromatic heterocycles. The van der Waals surface area contributed by atoms with Gasteiger partial charge in [-0.15, -0.1) is 0 Å². The summed E-state index contributed by atoms with van der Waals surface area (Å²) in [6, 6.07) is 7.07. The maximum Gasteiger partial charge on any atom is 0.161 e.